The van der Waals surface area contributed by atoms with Crippen molar-refractivity contribution in [3.05, 3.63) is 46.5 Å². The van der Waals surface area contributed by atoms with Crippen molar-refractivity contribution in [2.75, 3.05) is 6.54 Å². The monoisotopic (exact) mass is 292 g/mol. The summed E-state index contributed by atoms with van der Waals surface area (Å²) in [6, 6.07) is 6.65. The van der Waals surface area contributed by atoms with Crippen molar-refractivity contribution in [1.82, 2.24) is 5.32 Å². The molecule has 0 radical (unpaired) electrons. The van der Waals surface area contributed by atoms with E-state index in [1.54, 1.807) is 17.6 Å². The molecule has 2 aromatic rings. The van der Waals surface area contributed by atoms with Gasteiger partial charge in [0.15, 0.2) is 0 Å². The highest BCUT2D eigenvalue weighted by molar-refractivity contribution is 7.10. The summed E-state index contributed by atoms with van der Waals surface area (Å²) < 4.78 is 5.22. The van der Waals surface area contributed by atoms with Gasteiger partial charge >= 0.3 is 0 Å². The molecule has 3 nitrogen and oxygen atoms in total. The van der Waals surface area contributed by atoms with Gasteiger partial charge in [-0.1, -0.05) is 19.9 Å². The number of hydrogen-bond acceptors (Lipinski definition) is 4. The molecule has 0 aliphatic carbocycles. The summed E-state index contributed by atoms with van der Waals surface area (Å²) in [7, 11) is 0. The molecule has 0 amide bonds. The molecule has 2 aromatic heterocycles. The average Bonchev–Trinajstić information content (AvgIpc) is 3.14. The molecule has 110 valence electrons. The highest BCUT2D eigenvalue weighted by Crippen LogP contribution is 2.30. The Kier molecular flexibility index (Phi) is 5.83. The van der Waals surface area contributed by atoms with Gasteiger partial charge in [-0.15, -0.1) is 11.3 Å². The van der Waals surface area contributed by atoms with Gasteiger partial charge in [0.05, 0.1) is 12.5 Å². The lowest BCUT2D eigenvalue weighted by Gasteiger charge is -2.25. The van der Waals surface area contributed by atoms with Gasteiger partial charge in [-0.05, 0) is 42.8 Å². The van der Waals surface area contributed by atoms with E-state index in [-0.39, 0.29) is 6.04 Å². The van der Waals surface area contributed by atoms with Crippen LogP contribution in [0.15, 0.2) is 40.5 Å². The summed E-state index contributed by atoms with van der Waals surface area (Å²) in [6.45, 7) is 5.42. The van der Waals surface area contributed by atoms with Gasteiger partial charge in [0, 0.05) is 22.5 Å². The maximum absolute atomic E-state index is 6.37. The van der Waals surface area contributed by atoms with Crippen molar-refractivity contribution >= 4 is 11.3 Å². The molecule has 0 aliphatic rings. The Bertz CT molecular complexity index is 467. The Hall–Kier alpha value is -1.10. The summed E-state index contributed by atoms with van der Waals surface area (Å²) in [6.07, 6.45) is 5.70. The van der Waals surface area contributed by atoms with Crippen molar-refractivity contribution in [2.24, 2.45) is 11.7 Å². The van der Waals surface area contributed by atoms with E-state index in [0.29, 0.717) is 12.0 Å². The number of furan rings is 1. The van der Waals surface area contributed by atoms with E-state index in [1.807, 2.05) is 12.3 Å². The first-order chi connectivity index (χ1) is 9.72. The molecule has 0 saturated heterocycles. The highest BCUT2D eigenvalue weighted by atomic mass is 32.1. The molecule has 2 heterocycles. The van der Waals surface area contributed by atoms with Crippen LogP contribution in [-0.2, 0) is 0 Å². The summed E-state index contributed by atoms with van der Waals surface area (Å²) in [5.74, 6) is 0.415. The quantitative estimate of drug-likeness (QED) is 0.770. The summed E-state index contributed by atoms with van der Waals surface area (Å²) >= 11 is 1.74. The van der Waals surface area contributed by atoms with Crippen LogP contribution in [0.5, 0.6) is 0 Å². The Morgan fingerprint density at radius 3 is 2.85 bits per heavy atom. The standard InChI is InChI=1S/C16H24N2OS/c1-3-7-18-14(13-6-8-19-11-13)10-12(2)16(17)15-5-4-9-20-15/h4-6,8-9,11-12,14,16,18H,3,7,10,17H2,1-2H3. The fraction of sp³-hybridized carbons (Fsp3) is 0.500. The zero-order chi connectivity index (χ0) is 14.4. The van der Waals surface area contributed by atoms with Crippen LogP contribution in [-0.4, -0.2) is 6.54 Å². The van der Waals surface area contributed by atoms with Crippen molar-refractivity contribution < 1.29 is 4.42 Å². The maximum atomic E-state index is 6.37. The smallest absolute Gasteiger partial charge is 0.0950 e. The van der Waals surface area contributed by atoms with Gasteiger partial charge in [0.25, 0.3) is 0 Å². The average molecular weight is 292 g/mol. The van der Waals surface area contributed by atoms with Gasteiger partial charge in [0.1, 0.15) is 0 Å². The molecule has 0 spiro atoms. The third kappa shape index (κ3) is 3.95. The minimum Gasteiger partial charge on any atom is -0.472 e. The number of thiophene rings is 1. The largest absolute Gasteiger partial charge is 0.472 e. The van der Waals surface area contributed by atoms with Gasteiger partial charge in [-0.25, -0.2) is 0 Å². The van der Waals surface area contributed by atoms with Crippen LogP contribution in [0, 0.1) is 5.92 Å². The Balaban J connectivity index is 1.99. The molecule has 3 N–H and O–H groups in total. The predicted molar refractivity (Wildman–Crippen MR) is 84.8 cm³/mol. The molecule has 2 rings (SSSR count). The van der Waals surface area contributed by atoms with Crippen molar-refractivity contribution in [2.45, 2.75) is 38.8 Å². The molecular formula is C16H24N2OS. The Labute approximate surface area is 125 Å². The maximum Gasteiger partial charge on any atom is 0.0950 e. The van der Waals surface area contributed by atoms with E-state index < -0.39 is 0 Å². The van der Waals surface area contributed by atoms with Gasteiger partial charge in [0.2, 0.25) is 0 Å². The van der Waals surface area contributed by atoms with Gasteiger partial charge in [-0.3, -0.25) is 0 Å². The van der Waals surface area contributed by atoms with Crippen LogP contribution in [0.25, 0.3) is 0 Å². The highest BCUT2D eigenvalue weighted by Gasteiger charge is 2.21. The van der Waals surface area contributed by atoms with Crippen molar-refractivity contribution in [3.8, 4) is 0 Å². The summed E-state index contributed by atoms with van der Waals surface area (Å²) in [4.78, 5) is 1.26. The topological polar surface area (TPSA) is 51.2 Å². The van der Waals surface area contributed by atoms with Crippen LogP contribution in [0.2, 0.25) is 0 Å². The summed E-state index contributed by atoms with van der Waals surface area (Å²) in [5, 5.41) is 5.68. The molecule has 0 bridgehead atoms. The SMILES string of the molecule is CCCNC(CC(C)C(N)c1cccs1)c1ccoc1. The second-order valence-corrected chi connectivity index (χ2v) is 6.30. The lowest BCUT2D eigenvalue weighted by atomic mass is 9.91. The molecule has 20 heavy (non-hydrogen) atoms. The third-order valence-corrected chi connectivity index (χ3v) is 4.65. The van der Waals surface area contributed by atoms with E-state index in [4.69, 9.17) is 10.2 Å². The first kappa shape index (κ1) is 15.3. The van der Waals surface area contributed by atoms with Crippen LogP contribution < -0.4 is 11.1 Å². The first-order valence-corrected chi connectivity index (χ1v) is 8.14. The third-order valence-electron chi connectivity index (χ3n) is 3.68. The second-order valence-electron chi connectivity index (χ2n) is 5.32. The lowest BCUT2D eigenvalue weighted by molar-refractivity contribution is 0.364. The fourth-order valence-electron chi connectivity index (χ4n) is 2.41. The molecule has 3 unspecified atom stereocenters. The van der Waals surface area contributed by atoms with E-state index in [0.717, 1.165) is 19.4 Å². The van der Waals surface area contributed by atoms with E-state index in [9.17, 15) is 0 Å². The van der Waals surface area contributed by atoms with E-state index >= 15 is 0 Å². The minimum absolute atomic E-state index is 0.104. The van der Waals surface area contributed by atoms with Gasteiger partial charge < -0.3 is 15.5 Å². The van der Waals surface area contributed by atoms with Gasteiger partial charge in [-0.2, -0.15) is 0 Å². The second kappa shape index (κ2) is 7.62. The van der Waals surface area contributed by atoms with Crippen LogP contribution in [0.1, 0.15) is 49.2 Å². The number of rotatable bonds is 8. The zero-order valence-electron chi connectivity index (χ0n) is 12.2. The molecule has 4 heteroatoms. The summed E-state index contributed by atoms with van der Waals surface area (Å²) in [5.41, 5.74) is 7.58. The van der Waals surface area contributed by atoms with Crippen LogP contribution in [0.3, 0.4) is 0 Å². The Morgan fingerprint density at radius 2 is 2.25 bits per heavy atom. The van der Waals surface area contributed by atoms with Crippen molar-refractivity contribution in [3.63, 3.8) is 0 Å². The van der Waals surface area contributed by atoms with Crippen LogP contribution in [0.4, 0.5) is 0 Å². The molecule has 0 fully saturated rings. The molecule has 3 atom stereocenters. The molecule has 0 aliphatic heterocycles. The predicted octanol–water partition coefficient (Wildman–Crippen LogP) is 4.11. The van der Waals surface area contributed by atoms with E-state index in [1.165, 1.54) is 10.4 Å². The molecule has 0 aromatic carbocycles. The van der Waals surface area contributed by atoms with E-state index in [2.05, 4.69) is 36.7 Å². The molecule has 0 saturated carbocycles. The first-order valence-electron chi connectivity index (χ1n) is 7.26. The number of nitrogens with one attached hydrogen (secondary N) is 1. The zero-order valence-corrected chi connectivity index (χ0v) is 13.0. The number of hydrogen-bond donors (Lipinski definition) is 2. The lowest BCUT2D eigenvalue weighted by Crippen LogP contribution is -2.27. The minimum atomic E-state index is 0.104. The molecular weight excluding hydrogens is 268 g/mol. The Morgan fingerprint density at radius 1 is 1.40 bits per heavy atom. The number of nitrogens with two attached hydrogens (primary N) is 1. The van der Waals surface area contributed by atoms with Crippen molar-refractivity contribution in [1.29, 1.82) is 0 Å². The van der Waals surface area contributed by atoms with Crippen LogP contribution >= 0.6 is 11.3 Å². The normalized spacial score (nSPS) is 15.9. The fourth-order valence-corrected chi connectivity index (χ4v) is 3.27.